The first-order valence-corrected chi connectivity index (χ1v) is 4.82. The van der Waals surface area contributed by atoms with Crippen molar-refractivity contribution in [3.8, 4) is 0 Å². The fourth-order valence-electron chi connectivity index (χ4n) is 0.672. The Morgan fingerprint density at radius 2 is 2.15 bits per heavy atom. The Morgan fingerprint density at radius 3 is 2.62 bits per heavy atom. The highest BCUT2D eigenvalue weighted by Gasteiger charge is 2.05. The van der Waals surface area contributed by atoms with Crippen molar-refractivity contribution in [1.82, 2.24) is 9.97 Å². The van der Waals surface area contributed by atoms with Gasteiger partial charge in [-0.2, -0.15) is 0 Å². The summed E-state index contributed by atoms with van der Waals surface area (Å²) in [6, 6.07) is 0. The van der Waals surface area contributed by atoms with Crippen molar-refractivity contribution >= 4 is 17.4 Å². The first-order chi connectivity index (χ1) is 6.24. The summed E-state index contributed by atoms with van der Waals surface area (Å²) in [4.78, 5) is 17.4. The van der Waals surface area contributed by atoms with Crippen molar-refractivity contribution < 1.29 is 4.92 Å². The highest BCUT2D eigenvalue weighted by atomic mass is 32.2. The molecule has 1 rings (SSSR count). The summed E-state index contributed by atoms with van der Waals surface area (Å²) in [6.45, 7) is 2.05. The lowest BCUT2D eigenvalue weighted by molar-refractivity contribution is -0.385. The normalized spacial score (nSPS) is 9.92. The summed E-state index contributed by atoms with van der Waals surface area (Å²) < 4.78 is 0. The summed E-state index contributed by atoms with van der Waals surface area (Å²) in [6.07, 6.45) is 3.49. The van der Waals surface area contributed by atoms with Gasteiger partial charge in [0.15, 0.2) is 5.16 Å². The zero-order valence-electron chi connectivity index (χ0n) is 7.14. The number of nitro groups is 1. The molecule has 0 radical (unpaired) electrons. The smallest absolute Gasteiger partial charge is 0.258 e. The maximum absolute atomic E-state index is 10.2. The maximum atomic E-state index is 10.2. The number of hydrogen-bond donors (Lipinski definition) is 0. The van der Waals surface area contributed by atoms with Crippen molar-refractivity contribution in [3.05, 3.63) is 22.5 Å². The monoisotopic (exact) mass is 199 g/mol. The SMILES string of the molecule is CCCSc1ncc([N+](=O)[O-])cn1. The fourth-order valence-corrected chi connectivity index (χ4v) is 1.31. The van der Waals surface area contributed by atoms with Crippen LogP contribution in [-0.4, -0.2) is 20.6 Å². The van der Waals surface area contributed by atoms with Crippen LogP contribution < -0.4 is 0 Å². The van der Waals surface area contributed by atoms with Crippen molar-refractivity contribution in [2.75, 3.05) is 5.75 Å². The molecule has 0 amide bonds. The summed E-state index contributed by atoms with van der Waals surface area (Å²) in [5.41, 5.74) is -0.0687. The average molecular weight is 199 g/mol. The van der Waals surface area contributed by atoms with Gasteiger partial charge in [0.05, 0.1) is 4.92 Å². The van der Waals surface area contributed by atoms with E-state index in [0.29, 0.717) is 5.16 Å². The van der Waals surface area contributed by atoms with Gasteiger partial charge >= 0.3 is 5.69 Å². The fraction of sp³-hybridized carbons (Fsp3) is 0.429. The van der Waals surface area contributed by atoms with Gasteiger partial charge in [-0.15, -0.1) is 0 Å². The molecule has 0 atom stereocenters. The van der Waals surface area contributed by atoms with Gasteiger partial charge in [0.2, 0.25) is 0 Å². The average Bonchev–Trinajstić information content (AvgIpc) is 2.15. The maximum Gasteiger partial charge on any atom is 0.305 e. The molecule has 0 fully saturated rings. The first-order valence-electron chi connectivity index (χ1n) is 3.83. The second kappa shape index (κ2) is 4.76. The molecule has 0 aromatic carbocycles. The van der Waals surface area contributed by atoms with E-state index in [2.05, 4.69) is 16.9 Å². The molecule has 0 aliphatic heterocycles. The van der Waals surface area contributed by atoms with Crippen LogP contribution in [0.15, 0.2) is 17.6 Å². The predicted octanol–water partition coefficient (Wildman–Crippen LogP) is 1.89. The van der Waals surface area contributed by atoms with Crippen LogP contribution in [0, 0.1) is 10.1 Å². The van der Waals surface area contributed by atoms with Crippen molar-refractivity contribution in [2.45, 2.75) is 18.5 Å². The van der Waals surface area contributed by atoms with Gasteiger partial charge in [0.25, 0.3) is 0 Å². The van der Waals surface area contributed by atoms with Crippen LogP contribution in [0.2, 0.25) is 0 Å². The van der Waals surface area contributed by atoms with Gasteiger partial charge in [-0.1, -0.05) is 18.7 Å². The van der Waals surface area contributed by atoms with E-state index >= 15 is 0 Å². The van der Waals surface area contributed by atoms with Crippen LogP contribution in [0.4, 0.5) is 5.69 Å². The molecule has 0 spiro atoms. The summed E-state index contributed by atoms with van der Waals surface area (Å²) in [5.74, 6) is 0.928. The highest BCUT2D eigenvalue weighted by molar-refractivity contribution is 7.99. The Bertz CT molecular complexity index is 288. The summed E-state index contributed by atoms with van der Waals surface area (Å²) >= 11 is 1.50. The summed E-state index contributed by atoms with van der Waals surface area (Å²) in [7, 11) is 0. The Hall–Kier alpha value is -1.17. The van der Waals surface area contributed by atoms with Crippen LogP contribution in [0.5, 0.6) is 0 Å². The van der Waals surface area contributed by atoms with Gasteiger partial charge in [-0.05, 0) is 6.42 Å². The molecule has 13 heavy (non-hydrogen) atoms. The third-order valence-electron chi connectivity index (χ3n) is 1.26. The highest BCUT2D eigenvalue weighted by Crippen LogP contribution is 2.15. The lowest BCUT2D eigenvalue weighted by Gasteiger charge is -1.95. The number of aromatic nitrogens is 2. The molecular weight excluding hydrogens is 190 g/mol. The molecule has 1 aromatic rings. The molecule has 1 aromatic heterocycles. The molecule has 0 aliphatic carbocycles. The predicted molar refractivity (Wildman–Crippen MR) is 49.7 cm³/mol. The zero-order valence-corrected chi connectivity index (χ0v) is 7.95. The van der Waals surface area contributed by atoms with Crippen molar-refractivity contribution in [1.29, 1.82) is 0 Å². The molecular formula is C7H9N3O2S. The zero-order chi connectivity index (χ0) is 9.68. The lowest BCUT2D eigenvalue weighted by Crippen LogP contribution is -1.92. The van der Waals surface area contributed by atoms with Gasteiger partial charge in [0, 0.05) is 5.75 Å². The Balaban J connectivity index is 2.64. The number of nitrogens with zero attached hydrogens (tertiary/aromatic N) is 3. The number of thioether (sulfide) groups is 1. The van der Waals surface area contributed by atoms with E-state index in [1.165, 1.54) is 24.2 Å². The molecule has 6 heteroatoms. The second-order valence-corrected chi connectivity index (χ2v) is 3.39. The minimum Gasteiger partial charge on any atom is -0.258 e. The van der Waals surface area contributed by atoms with Crippen molar-refractivity contribution in [2.24, 2.45) is 0 Å². The Kier molecular flexibility index (Phi) is 3.63. The number of rotatable bonds is 4. The Morgan fingerprint density at radius 1 is 1.54 bits per heavy atom. The van der Waals surface area contributed by atoms with E-state index in [1.807, 2.05) is 0 Å². The van der Waals surface area contributed by atoms with E-state index < -0.39 is 4.92 Å². The van der Waals surface area contributed by atoms with Crippen LogP contribution in [0.1, 0.15) is 13.3 Å². The standard InChI is InChI=1S/C7H9N3O2S/c1-2-3-13-7-8-4-6(5-9-7)10(11)12/h4-5H,2-3H2,1H3. The molecule has 5 nitrogen and oxygen atoms in total. The van der Waals surface area contributed by atoms with Gasteiger partial charge in [-0.25, -0.2) is 9.97 Å². The van der Waals surface area contributed by atoms with Crippen LogP contribution in [0.3, 0.4) is 0 Å². The topological polar surface area (TPSA) is 68.9 Å². The van der Waals surface area contributed by atoms with Crippen molar-refractivity contribution in [3.63, 3.8) is 0 Å². The minimum absolute atomic E-state index is 0.0687. The van der Waals surface area contributed by atoms with Crippen LogP contribution in [-0.2, 0) is 0 Å². The van der Waals surface area contributed by atoms with E-state index in [4.69, 9.17) is 0 Å². The van der Waals surface area contributed by atoms with E-state index in [1.54, 1.807) is 0 Å². The minimum atomic E-state index is -0.506. The van der Waals surface area contributed by atoms with Crippen LogP contribution in [0.25, 0.3) is 0 Å². The van der Waals surface area contributed by atoms with Gasteiger partial charge in [-0.3, -0.25) is 10.1 Å². The van der Waals surface area contributed by atoms with Gasteiger partial charge in [0.1, 0.15) is 12.4 Å². The molecule has 0 aliphatic rings. The lowest BCUT2D eigenvalue weighted by atomic mass is 10.6. The van der Waals surface area contributed by atoms with Gasteiger partial charge < -0.3 is 0 Å². The molecule has 0 saturated carbocycles. The first kappa shape index (κ1) is 9.91. The molecule has 70 valence electrons. The molecule has 1 heterocycles. The largest absolute Gasteiger partial charge is 0.305 e. The van der Waals surface area contributed by atoms with E-state index in [9.17, 15) is 10.1 Å². The third kappa shape index (κ3) is 2.98. The quantitative estimate of drug-likeness (QED) is 0.320. The van der Waals surface area contributed by atoms with E-state index in [0.717, 1.165) is 12.2 Å². The summed E-state index contributed by atoms with van der Waals surface area (Å²) in [5, 5.41) is 10.8. The molecule has 0 N–H and O–H groups in total. The molecule has 0 unspecified atom stereocenters. The second-order valence-electron chi connectivity index (χ2n) is 2.33. The molecule has 0 saturated heterocycles. The Labute approximate surface area is 79.7 Å². The van der Waals surface area contributed by atoms with E-state index in [-0.39, 0.29) is 5.69 Å². The van der Waals surface area contributed by atoms with Crippen LogP contribution >= 0.6 is 11.8 Å². The third-order valence-corrected chi connectivity index (χ3v) is 2.34. The molecule has 0 bridgehead atoms. The number of hydrogen-bond acceptors (Lipinski definition) is 5.